The molecule has 0 fully saturated rings. The van der Waals surface area contributed by atoms with Gasteiger partial charge in [-0.2, -0.15) is 0 Å². The molecule has 0 saturated carbocycles. The van der Waals surface area contributed by atoms with E-state index in [1.807, 2.05) is 23.1 Å². The summed E-state index contributed by atoms with van der Waals surface area (Å²) < 4.78 is 15.3. The van der Waals surface area contributed by atoms with E-state index in [2.05, 4.69) is 4.98 Å². The van der Waals surface area contributed by atoms with Gasteiger partial charge in [0.25, 0.3) is 0 Å². The second-order valence-corrected chi connectivity index (χ2v) is 5.04. The van der Waals surface area contributed by atoms with Crippen molar-refractivity contribution in [3.63, 3.8) is 0 Å². The molecule has 0 aliphatic carbocycles. The first kappa shape index (κ1) is 12.1. The molecule has 0 unspecified atom stereocenters. The number of nitrogens with zero attached hydrogens (tertiary/aromatic N) is 3. The Bertz CT molecular complexity index is 856. The van der Waals surface area contributed by atoms with Crippen LogP contribution in [0.3, 0.4) is 0 Å². The summed E-state index contributed by atoms with van der Waals surface area (Å²) in [6.45, 7) is 0.698. The molecule has 3 aromatic rings. The first-order chi connectivity index (χ1) is 10.3. The standard InChI is InChI=1S/C16H12FN3O/c17-12-5-4-11-6-8-20(13(11)9-12)16-14(10-21)19-7-2-1-3-15(19)18-16/h1-5,7,9-10H,6,8H2. The van der Waals surface area contributed by atoms with Crippen LogP contribution in [-0.4, -0.2) is 22.2 Å². The predicted octanol–water partition coefficient (Wildman–Crippen LogP) is 2.98. The average Bonchev–Trinajstić information content (AvgIpc) is 3.06. The number of hydrogen-bond donors (Lipinski definition) is 0. The highest BCUT2D eigenvalue weighted by Gasteiger charge is 2.26. The molecule has 0 saturated heterocycles. The fraction of sp³-hybridized carbons (Fsp3) is 0.125. The van der Waals surface area contributed by atoms with Crippen LogP contribution in [-0.2, 0) is 6.42 Å². The number of pyridine rings is 1. The molecule has 1 aromatic carbocycles. The number of aromatic nitrogens is 2. The Balaban J connectivity index is 1.93. The zero-order valence-corrected chi connectivity index (χ0v) is 11.2. The smallest absolute Gasteiger partial charge is 0.170 e. The van der Waals surface area contributed by atoms with Crippen LogP contribution in [0.2, 0.25) is 0 Å². The number of benzene rings is 1. The summed E-state index contributed by atoms with van der Waals surface area (Å²) in [6, 6.07) is 10.3. The van der Waals surface area contributed by atoms with Crippen LogP contribution >= 0.6 is 0 Å². The summed E-state index contributed by atoms with van der Waals surface area (Å²) in [6.07, 6.45) is 3.42. The molecular weight excluding hydrogens is 269 g/mol. The molecule has 5 heteroatoms. The first-order valence-electron chi connectivity index (χ1n) is 6.76. The van der Waals surface area contributed by atoms with E-state index in [1.54, 1.807) is 16.7 Å². The van der Waals surface area contributed by atoms with Crippen molar-refractivity contribution in [1.82, 2.24) is 9.38 Å². The monoisotopic (exact) mass is 281 g/mol. The van der Waals surface area contributed by atoms with Crippen molar-refractivity contribution in [1.29, 1.82) is 0 Å². The molecule has 0 N–H and O–H groups in total. The van der Waals surface area contributed by atoms with Crippen molar-refractivity contribution in [2.45, 2.75) is 6.42 Å². The van der Waals surface area contributed by atoms with Crippen molar-refractivity contribution in [2.75, 3.05) is 11.4 Å². The molecule has 0 spiro atoms. The third-order valence-corrected chi connectivity index (χ3v) is 3.86. The average molecular weight is 281 g/mol. The lowest BCUT2D eigenvalue weighted by molar-refractivity contribution is 0.111. The van der Waals surface area contributed by atoms with Gasteiger partial charge in [-0.1, -0.05) is 12.1 Å². The number of halogens is 1. The molecule has 0 bridgehead atoms. The third-order valence-electron chi connectivity index (χ3n) is 3.86. The molecule has 0 radical (unpaired) electrons. The van der Waals surface area contributed by atoms with Gasteiger partial charge in [-0.3, -0.25) is 9.20 Å². The largest absolute Gasteiger partial charge is 0.324 e. The Hall–Kier alpha value is -2.69. The van der Waals surface area contributed by atoms with Crippen LogP contribution in [0.1, 0.15) is 16.1 Å². The van der Waals surface area contributed by atoms with E-state index < -0.39 is 0 Å². The van der Waals surface area contributed by atoms with Crippen molar-refractivity contribution >= 4 is 23.4 Å². The van der Waals surface area contributed by atoms with Crippen LogP contribution in [0.4, 0.5) is 15.9 Å². The molecule has 2 aromatic heterocycles. The highest BCUT2D eigenvalue weighted by molar-refractivity contribution is 5.86. The van der Waals surface area contributed by atoms with E-state index in [-0.39, 0.29) is 5.82 Å². The van der Waals surface area contributed by atoms with E-state index in [1.165, 1.54) is 12.1 Å². The fourth-order valence-electron chi connectivity index (χ4n) is 2.88. The minimum Gasteiger partial charge on any atom is -0.324 e. The van der Waals surface area contributed by atoms with Gasteiger partial charge >= 0.3 is 0 Å². The van der Waals surface area contributed by atoms with Crippen LogP contribution < -0.4 is 4.90 Å². The van der Waals surface area contributed by atoms with Gasteiger partial charge < -0.3 is 4.90 Å². The molecular formula is C16H12FN3O. The predicted molar refractivity (Wildman–Crippen MR) is 77.7 cm³/mol. The Kier molecular flexibility index (Phi) is 2.54. The van der Waals surface area contributed by atoms with E-state index in [9.17, 15) is 9.18 Å². The maximum atomic E-state index is 13.5. The molecule has 1 aliphatic heterocycles. The number of carbonyl (C=O) groups excluding carboxylic acids is 1. The molecule has 4 rings (SSSR count). The maximum absolute atomic E-state index is 13.5. The summed E-state index contributed by atoms with van der Waals surface area (Å²) in [7, 11) is 0. The van der Waals surface area contributed by atoms with Gasteiger partial charge in [0.1, 0.15) is 17.2 Å². The topological polar surface area (TPSA) is 37.6 Å². The summed E-state index contributed by atoms with van der Waals surface area (Å²) in [5.41, 5.74) is 3.06. The van der Waals surface area contributed by atoms with Gasteiger partial charge in [-0.15, -0.1) is 0 Å². The first-order valence-corrected chi connectivity index (χ1v) is 6.76. The Morgan fingerprint density at radius 1 is 1.24 bits per heavy atom. The molecule has 104 valence electrons. The minimum absolute atomic E-state index is 0.280. The maximum Gasteiger partial charge on any atom is 0.170 e. The van der Waals surface area contributed by atoms with Gasteiger partial charge in [0, 0.05) is 18.4 Å². The number of fused-ring (bicyclic) bond motifs is 2. The summed E-state index contributed by atoms with van der Waals surface area (Å²) in [4.78, 5) is 17.9. The minimum atomic E-state index is -0.280. The van der Waals surface area contributed by atoms with Crippen LogP contribution in [0.5, 0.6) is 0 Å². The molecule has 3 heterocycles. The fourth-order valence-corrected chi connectivity index (χ4v) is 2.88. The highest BCUT2D eigenvalue weighted by atomic mass is 19.1. The quantitative estimate of drug-likeness (QED) is 0.678. The Morgan fingerprint density at radius 2 is 2.14 bits per heavy atom. The van der Waals surface area contributed by atoms with Gasteiger partial charge in [-0.25, -0.2) is 9.37 Å². The van der Waals surface area contributed by atoms with E-state index in [4.69, 9.17) is 0 Å². The van der Waals surface area contributed by atoms with E-state index in [0.717, 1.165) is 24.0 Å². The summed E-state index contributed by atoms with van der Waals surface area (Å²) in [5.74, 6) is 0.303. The second-order valence-electron chi connectivity index (χ2n) is 5.04. The van der Waals surface area contributed by atoms with Gasteiger partial charge in [-0.05, 0) is 36.2 Å². The number of carbonyl (C=O) groups is 1. The van der Waals surface area contributed by atoms with Gasteiger partial charge in [0.05, 0.1) is 0 Å². The molecule has 4 nitrogen and oxygen atoms in total. The summed E-state index contributed by atoms with van der Waals surface area (Å²) >= 11 is 0. The number of anilines is 2. The molecule has 1 aliphatic rings. The van der Waals surface area contributed by atoms with Crippen molar-refractivity contribution in [3.8, 4) is 0 Å². The molecule has 21 heavy (non-hydrogen) atoms. The van der Waals surface area contributed by atoms with Crippen molar-refractivity contribution < 1.29 is 9.18 Å². The molecule has 0 atom stereocenters. The van der Waals surface area contributed by atoms with Crippen LogP contribution in [0.25, 0.3) is 5.65 Å². The van der Waals surface area contributed by atoms with Gasteiger partial charge in [0.2, 0.25) is 0 Å². The number of hydrogen-bond acceptors (Lipinski definition) is 3. The highest BCUT2D eigenvalue weighted by Crippen LogP contribution is 2.36. The van der Waals surface area contributed by atoms with Crippen LogP contribution in [0.15, 0.2) is 42.6 Å². The van der Waals surface area contributed by atoms with E-state index in [0.29, 0.717) is 23.7 Å². The number of aldehydes is 1. The van der Waals surface area contributed by atoms with E-state index >= 15 is 0 Å². The normalized spacial score (nSPS) is 13.7. The molecule has 0 amide bonds. The second kappa shape index (κ2) is 4.41. The van der Waals surface area contributed by atoms with Gasteiger partial charge in [0.15, 0.2) is 12.1 Å². The lowest BCUT2D eigenvalue weighted by Crippen LogP contribution is -2.15. The lowest BCUT2D eigenvalue weighted by Gasteiger charge is -2.17. The zero-order chi connectivity index (χ0) is 14.4. The third kappa shape index (κ3) is 1.74. The number of imidazole rings is 1. The Labute approximate surface area is 120 Å². The van der Waals surface area contributed by atoms with Crippen molar-refractivity contribution in [2.24, 2.45) is 0 Å². The lowest BCUT2D eigenvalue weighted by atomic mass is 10.2. The van der Waals surface area contributed by atoms with Crippen LogP contribution in [0, 0.1) is 5.82 Å². The zero-order valence-electron chi connectivity index (χ0n) is 11.2. The van der Waals surface area contributed by atoms with Crippen molar-refractivity contribution in [3.05, 3.63) is 59.7 Å². The Morgan fingerprint density at radius 3 is 3.00 bits per heavy atom. The SMILES string of the molecule is O=Cc1c(N2CCc3ccc(F)cc32)nc2ccccn12. The number of rotatable bonds is 2. The summed E-state index contributed by atoms with van der Waals surface area (Å²) in [5, 5.41) is 0.